The number of furan rings is 1. The second-order valence-electron chi connectivity index (χ2n) is 7.23. The maximum absolute atomic E-state index is 13.8. The van der Waals surface area contributed by atoms with Crippen molar-refractivity contribution >= 4 is 11.8 Å². The molecule has 0 aliphatic carbocycles. The highest BCUT2D eigenvalue weighted by Crippen LogP contribution is 2.25. The lowest BCUT2D eigenvalue weighted by Crippen LogP contribution is -2.52. The second kappa shape index (κ2) is 8.12. The zero-order valence-electron chi connectivity index (χ0n) is 15.4. The van der Waals surface area contributed by atoms with Gasteiger partial charge in [-0.1, -0.05) is 18.2 Å². The van der Waals surface area contributed by atoms with Gasteiger partial charge in [0.2, 0.25) is 11.8 Å². The van der Waals surface area contributed by atoms with Gasteiger partial charge < -0.3 is 14.6 Å². The largest absolute Gasteiger partial charge is 0.467 e. The molecule has 148 valence electrons. The first-order valence-electron chi connectivity index (χ1n) is 9.44. The van der Waals surface area contributed by atoms with Crippen molar-refractivity contribution in [3.63, 3.8) is 0 Å². The van der Waals surface area contributed by atoms with Gasteiger partial charge in [0.05, 0.1) is 19.2 Å². The van der Waals surface area contributed by atoms with Crippen molar-refractivity contribution < 1.29 is 18.4 Å². The van der Waals surface area contributed by atoms with Crippen LogP contribution in [0.4, 0.5) is 4.39 Å². The third-order valence-corrected chi connectivity index (χ3v) is 5.46. The summed E-state index contributed by atoms with van der Waals surface area (Å²) in [5, 5.41) is 2.86. The Balaban J connectivity index is 1.36. The van der Waals surface area contributed by atoms with Crippen LogP contribution in [-0.4, -0.2) is 41.9 Å². The van der Waals surface area contributed by atoms with E-state index in [0.717, 1.165) is 6.42 Å². The van der Waals surface area contributed by atoms with Gasteiger partial charge in [-0.25, -0.2) is 9.82 Å². The van der Waals surface area contributed by atoms with E-state index in [1.807, 2.05) is 0 Å². The van der Waals surface area contributed by atoms with Crippen molar-refractivity contribution in [2.75, 3.05) is 13.1 Å². The van der Waals surface area contributed by atoms with E-state index >= 15 is 0 Å². The molecule has 3 N–H and O–H groups in total. The molecule has 0 saturated carbocycles. The molecule has 3 heterocycles. The number of carbonyl (C=O) groups excluding carboxylic acids is 2. The third kappa shape index (κ3) is 3.93. The van der Waals surface area contributed by atoms with Crippen LogP contribution in [0.2, 0.25) is 0 Å². The first-order valence-corrected chi connectivity index (χ1v) is 9.44. The SMILES string of the molecule is O=C(NCc1ccco1)C1NNC2CCN(C(=O)Cc3ccccc3F)CC21. The van der Waals surface area contributed by atoms with Crippen molar-refractivity contribution in [2.45, 2.75) is 31.5 Å². The van der Waals surface area contributed by atoms with E-state index in [9.17, 15) is 14.0 Å². The molecule has 2 aliphatic rings. The smallest absolute Gasteiger partial charge is 0.239 e. The maximum atomic E-state index is 13.8. The molecular formula is C20H23FN4O3. The second-order valence-corrected chi connectivity index (χ2v) is 7.23. The summed E-state index contributed by atoms with van der Waals surface area (Å²) in [6.07, 6.45) is 2.33. The van der Waals surface area contributed by atoms with Crippen LogP contribution < -0.4 is 16.2 Å². The highest BCUT2D eigenvalue weighted by molar-refractivity contribution is 5.83. The molecule has 0 spiro atoms. The highest BCUT2D eigenvalue weighted by atomic mass is 19.1. The van der Waals surface area contributed by atoms with Crippen molar-refractivity contribution in [1.29, 1.82) is 0 Å². The number of amides is 2. The van der Waals surface area contributed by atoms with Crippen molar-refractivity contribution in [3.05, 3.63) is 59.8 Å². The van der Waals surface area contributed by atoms with Crippen LogP contribution in [0.5, 0.6) is 0 Å². The summed E-state index contributed by atoms with van der Waals surface area (Å²) in [6.45, 7) is 1.36. The number of piperidine rings is 1. The van der Waals surface area contributed by atoms with Crippen LogP contribution in [0.25, 0.3) is 0 Å². The van der Waals surface area contributed by atoms with E-state index in [2.05, 4.69) is 16.2 Å². The first-order chi connectivity index (χ1) is 13.6. The molecule has 8 heteroatoms. The Morgan fingerprint density at radius 2 is 2.07 bits per heavy atom. The van der Waals surface area contributed by atoms with Crippen LogP contribution >= 0.6 is 0 Å². The number of rotatable bonds is 5. The minimum absolute atomic E-state index is 0.0280. The van der Waals surface area contributed by atoms with E-state index < -0.39 is 6.04 Å². The van der Waals surface area contributed by atoms with Crippen LogP contribution in [0.3, 0.4) is 0 Å². The van der Waals surface area contributed by atoms with Crippen LogP contribution in [0.1, 0.15) is 17.7 Å². The minimum atomic E-state index is -0.441. The summed E-state index contributed by atoms with van der Waals surface area (Å²) in [6, 6.07) is 9.57. The number of hydrogen-bond acceptors (Lipinski definition) is 5. The lowest BCUT2D eigenvalue weighted by Gasteiger charge is -2.35. The van der Waals surface area contributed by atoms with Gasteiger partial charge in [0.15, 0.2) is 0 Å². The maximum Gasteiger partial charge on any atom is 0.239 e. The summed E-state index contributed by atoms with van der Waals surface area (Å²) in [7, 11) is 0. The molecule has 1 aromatic carbocycles. The van der Waals surface area contributed by atoms with Crippen LogP contribution in [0.15, 0.2) is 47.1 Å². The Morgan fingerprint density at radius 1 is 1.21 bits per heavy atom. The average molecular weight is 386 g/mol. The molecule has 3 unspecified atom stereocenters. The van der Waals surface area contributed by atoms with E-state index in [1.54, 1.807) is 41.5 Å². The summed E-state index contributed by atoms with van der Waals surface area (Å²) < 4.78 is 19.1. The van der Waals surface area contributed by atoms with Gasteiger partial charge in [-0.2, -0.15) is 0 Å². The molecule has 2 aromatic rings. The molecule has 0 radical (unpaired) electrons. The summed E-state index contributed by atoms with van der Waals surface area (Å²) >= 11 is 0. The van der Waals surface area contributed by atoms with Crippen molar-refractivity contribution in [1.82, 2.24) is 21.1 Å². The molecule has 2 amide bonds. The van der Waals surface area contributed by atoms with E-state index in [1.165, 1.54) is 6.07 Å². The molecule has 7 nitrogen and oxygen atoms in total. The van der Waals surface area contributed by atoms with Gasteiger partial charge in [0, 0.05) is 25.0 Å². The third-order valence-electron chi connectivity index (χ3n) is 5.46. The average Bonchev–Trinajstić information content (AvgIpc) is 3.37. The van der Waals surface area contributed by atoms with Crippen molar-refractivity contribution in [2.24, 2.45) is 5.92 Å². The van der Waals surface area contributed by atoms with E-state index in [0.29, 0.717) is 31.0 Å². The summed E-state index contributed by atoms with van der Waals surface area (Å²) in [4.78, 5) is 27.0. The summed E-state index contributed by atoms with van der Waals surface area (Å²) in [5.74, 6) is 0.00577. The standard InChI is InChI=1S/C20H23FN4O3/c21-16-6-2-1-4-13(16)10-18(26)25-8-7-17-15(12-25)19(24-23-17)20(27)22-11-14-5-3-9-28-14/h1-6,9,15,17,19,23-24H,7-8,10-12H2,(H,22,27). The Morgan fingerprint density at radius 3 is 2.86 bits per heavy atom. The number of nitrogens with zero attached hydrogens (tertiary/aromatic N) is 1. The molecular weight excluding hydrogens is 363 g/mol. The van der Waals surface area contributed by atoms with Gasteiger partial charge in [-0.05, 0) is 30.2 Å². The van der Waals surface area contributed by atoms with Crippen LogP contribution in [-0.2, 0) is 22.6 Å². The molecule has 3 atom stereocenters. The predicted molar refractivity (Wildman–Crippen MR) is 99.2 cm³/mol. The number of fused-ring (bicyclic) bond motifs is 1. The van der Waals surface area contributed by atoms with Gasteiger partial charge >= 0.3 is 0 Å². The fraction of sp³-hybridized carbons (Fsp3) is 0.400. The van der Waals surface area contributed by atoms with E-state index in [-0.39, 0.29) is 36.0 Å². The molecule has 2 saturated heterocycles. The number of hydrazine groups is 1. The molecule has 4 rings (SSSR count). The topological polar surface area (TPSA) is 86.6 Å². The quantitative estimate of drug-likeness (QED) is 0.713. The normalized spacial score (nSPS) is 24.0. The fourth-order valence-corrected chi connectivity index (χ4v) is 3.90. The minimum Gasteiger partial charge on any atom is -0.467 e. The number of carbonyl (C=O) groups is 2. The molecule has 28 heavy (non-hydrogen) atoms. The Labute approximate surface area is 162 Å². The lowest BCUT2D eigenvalue weighted by molar-refractivity contribution is -0.133. The van der Waals surface area contributed by atoms with E-state index in [4.69, 9.17) is 4.42 Å². The van der Waals surface area contributed by atoms with Gasteiger partial charge in [0.1, 0.15) is 17.6 Å². The molecule has 1 aromatic heterocycles. The van der Waals surface area contributed by atoms with Crippen LogP contribution in [0, 0.1) is 11.7 Å². The molecule has 0 bridgehead atoms. The van der Waals surface area contributed by atoms with Gasteiger partial charge in [0.25, 0.3) is 0 Å². The number of likely N-dealkylation sites (tertiary alicyclic amines) is 1. The highest BCUT2D eigenvalue weighted by Gasteiger charge is 2.44. The monoisotopic (exact) mass is 386 g/mol. The zero-order chi connectivity index (χ0) is 19.5. The first kappa shape index (κ1) is 18.6. The fourth-order valence-electron chi connectivity index (χ4n) is 3.90. The number of hydrogen-bond donors (Lipinski definition) is 3. The molecule has 2 fully saturated rings. The number of halogens is 1. The Kier molecular flexibility index (Phi) is 5.40. The predicted octanol–water partition coefficient (Wildman–Crippen LogP) is 0.971. The summed E-state index contributed by atoms with van der Waals surface area (Å²) in [5.41, 5.74) is 6.62. The lowest BCUT2D eigenvalue weighted by atomic mass is 9.87. The van der Waals surface area contributed by atoms with Gasteiger partial charge in [-0.3, -0.25) is 15.0 Å². The van der Waals surface area contributed by atoms with Crippen molar-refractivity contribution in [3.8, 4) is 0 Å². The molecule has 2 aliphatic heterocycles. The van der Waals surface area contributed by atoms with Gasteiger partial charge in [-0.15, -0.1) is 0 Å². The zero-order valence-corrected chi connectivity index (χ0v) is 15.4. The number of nitrogens with one attached hydrogen (secondary N) is 3. The Hall–Kier alpha value is -2.71. The number of benzene rings is 1. The Bertz CT molecular complexity index is 842.